The second-order valence-electron chi connectivity index (χ2n) is 7.37. The van der Waals surface area contributed by atoms with Crippen molar-refractivity contribution in [3.8, 4) is 0 Å². The van der Waals surface area contributed by atoms with Crippen LogP contribution in [0, 0.1) is 5.82 Å². The average Bonchev–Trinajstić information content (AvgIpc) is 3.30. The molecule has 0 atom stereocenters. The Kier molecular flexibility index (Phi) is 9.76. The molecule has 1 aromatic carbocycles. The van der Waals surface area contributed by atoms with E-state index in [1.54, 1.807) is 18.5 Å². The number of carbonyl (C=O) groups is 2. The Morgan fingerprint density at radius 3 is 1.81 bits per heavy atom. The first-order valence-corrected chi connectivity index (χ1v) is 10.3. The number of nitrogens with zero attached hydrogens (tertiary/aromatic N) is 5. The van der Waals surface area contributed by atoms with E-state index in [0.717, 1.165) is 43.2 Å². The van der Waals surface area contributed by atoms with Gasteiger partial charge in [0.25, 0.3) is 0 Å². The summed E-state index contributed by atoms with van der Waals surface area (Å²) in [4.78, 5) is 31.2. The zero-order valence-corrected chi connectivity index (χ0v) is 18.7. The van der Waals surface area contributed by atoms with Crippen molar-refractivity contribution in [3.63, 3.8) is 0 Å². The molecule has 16 heteroatoms. The van der Waals surface area contributed by atoms with Crippen molar-refractivity contribution in [1.82, 2.24) is 19.3 Å². The summed E-state index contributed by atoms with van der Waals surface area (Å²) in [6, 6.07) is 6.99. The molecule has 3 aromatic rings. The molecule has 202 valence electrons. The van der Waals surface area contributed by atoms with Gasteiger partial charge in [0.1, 0.15) is 5.82 Å². The minimum Gasteiger partial charge on any atom is -0.475 e. The fourth-order valence-corrected chi connectivity index (χ4v) is 3.05. The molecule has 0 spiro atoms. The third kappa shape index (κ3) is 8.89. The van der Waals surface area contributed by atoms with Gasteiger partial charge in [-0.1, -0.05) is 18.2 Å². The summed E-state index contributed by atoms with van der Waals surface area (Å²) in [6.45, 7) is 4.17. The van der Waals surface area contributed by atoms with E-state index in [2.05, 4.69) is 19.8 Å². The topological polar surface area (TPSA) is 111 Å². The van der Waals surface area contributed by atoms with Gasteiger partial charge in [0.15, 0.2) is 11.5 Å². The number of imidazole rings is 1. The van der Waals surface area contributed by atoms with Crippen molar-refractivity contribution in [3.05, 3.63) is 60.4 Å². The largest absolute Gasteiger partial charge is 0.490 e. The molecule has 1 fully saturated rings. The summed E-state index contributed by atoms with van der Waals surface area (Å²) in [6.07, 6.45) is -2.75. The lowest BCUT2D eigenvalue weighted by Gasteiger charge is -2.35. The Morgan fingerprint density at radius 1 is 0.838 bits per heavy atom. The second kappa shape index (κ2) is 12.3. The number of hydrogen-bond donors (Lipinski definition) is 2. The van der Waals surface area contributed by atoms with Gasteiger partial charge in [0.2, 0.25) is 0 Å². The van der Waals surface area contributed by atoms with Gasteiger partial charge in [-0.2, -0.15) is 26.3 Å². The van der Waals surface area contributed by atoms with Crippen molar-refractivity contribution in [2.24, 2.45) is 0 Å². The van der Waals surface area contributed by atoms with E-state index in [1.165, 1.54) is 6.07 Å². The monoisotopic (exact) mass is 539 g/mol. The molecule has 0 aliphatic carbocycles. The number of hydrogen-bond acceptors (Lipinski definition) is 6. The van der Waals surface area contributed by atoms with Gasteiger partial charge < -0.3 is 19.5 Å². The van der Waals surface area contributed by atoms with Crippen LogP contribution in [0.4, 0.5) is 36.6 Å². The third-order valence-corrected chi connectivity index (χ3v) is 4.80. The quantitative estimate of drug-likeness (QED) is 0.487. The Hall–Kier alpha value is -3.95. The van der Waals surface area contributed by atoms with Gasteiger partial charge in [-0.3, -0.25) is 4.90 Å². The molecule has 3 heterocycles. The Labute approximate surface area is 204 Å². The Balaban J connectivity index is 0.000000286. The van der Waals surface area contributed by atoms with Crippen molar-refractivity contribution in [2.75, 3.05) is 31.1 Å². The standard InChI is InChI=1S/C17H18FN5.2C2HF3O2/c18-15-4-2-1-3-14(15)13-21-9-11-23(12-10-21)17-16-19-5-7-22(16)8-6-20-17;2*3-2(4,5)1(6)7/h1-8H,9-13H2;2*(H,6,7). The van der Waals surface area contributed by atoms with E-state index in [4.69, 9.17) is 19.8 Å². The number of rotatable bonds is 3. The van der Waals surface area contributed by atoms with E-state index in [0.29, 0.717) is 6.54 Å². The zero-order chi connectivity index (χ0) is 27.8. The van der Waals surface area contributed by atoms with Crippen LogP contribution in [0.5, 0.6) is 0 Å². The second-order valence-corrected chi connectivity index (χ2v) is 7.37. The van der Waals surface area contributed by atoms with E-state index in [9.17, 15) is 30.7 Å². The highest BCUT2D eigenvalue weighted by molar-refractivity contribution is 5.73. The molecular formula is C21H20F7N5O4. The summed E-state index contributed by atoms with van der Waals surface area (Å²) in [5.74, 6) is -4.72. The summed E-state index contributed by atoms with van der Waals surface area (Å²) in [5.41, 5.74) is 1.64. The maximum atomic E-state index is 13.8. The molecule has 0 amide bonds. The summed E-state index contributed by atoms with van der Waals surface area (Å²) < 4.78 is 79.2. The van der Waals surface area contributed by atoms with Crippen molar-refractivity contribution < 1.29 is 50.5 Å². The fourth-order valence-electron chi connectivity index (χ4n) is 3.05. The normalized spacial score (nSPS) is 14.3. The third-order valence-electron chi connectivity index (χ3n) is 4.80. The maximum absolute atomic E-state index is 13.8. The molecule has 2 aromatic heterocycles. The molecule has 0 unspecified atom stereocenters. The number of carboxylic acids is 2. The highest BCUT2D eigenvalue weighted by atomic mass is 19.4. The maximum Gasteiger partial charge on any atom is 0.490 e. The highest BCUT2D eigenvalue weighted by Crippen LogP contribution is 2.20. The molecule has 1 saturated heterocycles. The number of piperazine rings is 1. The van der Waals surface area contributed by atoms with Crippen LogP contribution in [0.3, 0.4) is 0 Å². The molecule has 2 N–H and O–H groups in total. The van der Waals surface area contributed by atoms with Gasteiger partial charge >= 0.3 is 24.3 Å². The molecule has 1 aliphatic heterocycles. The predicted molar refractivity (Wildman–Crippen MR) is 114 cm³/mol. The van der Waals surface area contributed by atoms with E-state index >= 15 is 0 Å². The average molecular weight is 539 g/mol. The van der Waals surface area contributed by atoms with Crippen LogP contribution in [-0.4, -0.2) is 80.0 Å². The first-order chi connectivity index (χ1) is 17.2. The lowest BCUT2D eigenvalue weighted by molar-refractivity contribution is -0.193. The molecule has 4 rings (SSSR count). The molecule has 37 heavy (non-hydrogen) atoms. The first kappa shape index (κ1) is 29.3. The summed E-state index contributed by atoms with van der Waals surface area (Å²) in [5, 5.41) is 14.2. The van der Waals surface area contributed by atoms with Crippen LogP contribution in [0.2, 0.25) is 0 Å². The number of benzene rings is 1. The molecule has 0 bridgehead atoms. The Bertz CT molecular complexity index is 1170. The number of fused-ring (bicyclic) bond motifs is 1. The molecule has 1 aliphatic rings. The smallest absolute Gasteiger partial charge is 0.475 e. The number of anilines is 1. The minimum atomic E-state index is -5.08. The molecule has 0 saturated carbocycles. The number of alkyl halides is 6. The number of halogens is 7. The number of aromatic nitrogens is 3. The van der Waals surface area contributed by atoms with Gasteiger partial charge in [-0.15, -0.1) is 0 Å². The Morgan fingerprint density at radius 2 is 1.32 bits per heavy atom. The fraction of sp³-hybridized carbons (Fsp3) is 0.333. The molecule has 0 radical (unpaired) electrons. The van der Waals surface area contributed by atoms with E-state index in [1.807, 2.05) is 28.9 Å². The van der Waals surface area contributed by atoms with Crippen molar-refractivity contribution >= 4 is 23.4 Å². The van der Waals surface area contributed by atoms with Crippen LogP contribution in [0.1, 0.15) is 5.56 Å². The van der Waals surface area contributed by atoms with Gasteiger partial charge in [-0.25, -0.2) is 23.9 Å². The van der Waals surface area contributed by atoms with Gasteiger partial charge in [0, 0.05) is 63.1 Å². The van der Waals surface area contributed by atoms with E-state index in [-0.39, 0.29) is 5.82 Å². The van der Waals surface area contributed by atoms with Gasteiger partial charge in [-0.05, 0) is 6.07 Å². The molecular weight excluding hydrogens is 519 g/mol. The SMILES string of the molecule is Fc1ccccc1CN1CCN(c2nccn3ccnc23)CC1.O=C(O)C(F)(F)F.O=C(O)C(F)(F)F. The van der Waals surface area contributed by atoms with Crippen LogP contribution in [-0.2, 0) is 16.1 Å². The lowest BCUT2D eigenvalue weighted by atomic mass is 10.2. The molecule has 9 nitrogen and oxygen atoms in total. The van der Waals surface area contributed by atoms with E-state index < -0.39 is 24.3 Å². The van der Waals surface area contributed by atoms with Crippen molar-refractivity contribution in [1.29, 1.82) is 0 Å². The summed E-state index contributed by atoms with van der Waals surface area (Å²) >= 11 is 0. The predicted octanol–water partition coefficient (Wildman–Crippen LogP) is 3.46. The number of aliphatic carboxylic acids is 2. The first-order valence-electron chi connectivity index (χ1n) is 10.3. The van der Waals surface area contributed by atoms with Crippen LogP contribution in [0.25, 0.3) is 5.65 Å². The lowest BCUT2D eigenvalue weighted by Crippen LogP contribution is -2.46. The van der Waals surface area contributed by atoms with Crippen LogP contribution in [0.15, 0.2) is 49.1 Å². The van der Waals surface area contributed by atoms with Crippen LogP contribution >= 0.6 is 0 Å². The zero-order valence-electron chi connectivity index (χ0n) is 18.7. The summed E-state index contributed by atoms with van der Waals surface area (Å²) in [7, 11) is 0. The van der Waals surface area contributed by atoms with Crippen molar-refractivity contribution in [2.45, 2.75) is 18.9 Å². The van der Waals surface area contributed by atoms with Gasteiger partial charge in [0.05, 0.1) is 0 Å². The highest BCUT2D eigenvalue weighted by Gasteiger charge is 2.38. The van der Waals surface area contributed by atoms with Crippen LogP contribution < -0.4 is 4.90 Å². The minimum absolute atomic E-state index is 0.126. The number of carboxylic acid groups (broad SMARTS) is 2.